The summed E-state index contributed by atoms with van der Waals surface area (Å²) in [5.41, 5.74) is 3.89. The molecule has 2 N–H and O–H groups in total. The van der Waals surface area contributed by atoms with Gasteiger partial charge in [-0.3, -0.25) is 9.69 Å². The number of aromatic nitrogens is 3. The molecule has 4 aromatic rings. The first-order valence-corrected chi connectivity index (χ1v) is 14.1. The zero-order valence-electron chi connectivity index (χ0n) is 23.9. The summed E-state index contributed by atoms with van der Waals surface area (Å²) >= 11 is 13.2. The van der Waals surface area contributed by atoms with Crippen LogP contribution in [0.1, 0.15) is 11.3 Å². The van der Waals surface area contributed by atoms with Crippen LogP contribution in [0.25, 0.3) is 11.3 Å². The number of anilines is 3. The van der Waals surface area contributed by atoms with Crippen LogP contribution >= 0.6 is 23.2 Å². The lowest BCUT2D eigenvalue weighted by Gasteiger charge is -2.36. The third-order valence-corrected chi connectivity index (χ3v) is 7.60. The average molecular weight is 622 g/mol. The van der Waals surface area contributed by atoms with Crippen LogP contribution in [0.5, 0.6) is 17.2 Å². The van der Waals surface area contributed by atoms with Crippen molar-refractivity contribution in [3.63, 3.8) is 0 Å². The Bertz CT molecular complexity index is 1630. The molecule has 0 spiro atoms. The second-order valence-corrected chi connectivity index (χ2v) is 10.6. The molecule has 222 valence electrons. The number of benzene rings is 2. The standard InChI is InChI=1S/C31H30Cl2N6O4/c1-5-27(40)37-23-13-20(43-21-15-39(2)16-21)9-8-18(23)11-19-12-24(36-17-35-19)22-7-6-10-34-31(22)38-30-28(32)25(41-3)14-26(42-4)29(30)33/h5-10,12-14,17,21H,1,11,15-16H2,2-4H3,(H,34,38)(H,37,40). The summed E-state index contributed by atoms with van der Waals surface area (Å²) < 4.78 is 16.9. The number of carbonyl (C=O) groups is 1. The number of likely N-dealkylation sites (N-methyl/N-ethyl adjacent to an activating group) is 1. The lowest BCUT2D eigenvalue weighted by Crippen LogP contribution is -2.51. The van der Waals surface area contributed by atoms with E-state index in [-0.39, 0.29) is 22.1 Å². The smallest absolute Gasteiger partial charge is 0.247 e. The fourth-order valence-corrected chi connectivity index (χ4v) is 5.25. The number of hydrogen-bond acceptors (Lipinski definition) is 9. The minimum absolute atomic E-state index is 0.119. The van der Waals surface area contributed by atoms with E-state index in [1.165, 1.54) is 26.6 Å². The zero-order valence-corrected chi connectivity index (χ0v) is 25.4. The minimum atomic E-state index is -0.317. The monoisotopic (exact) mass is 620 g/mol. The van der Waals surface area contributed by atoms with E-state index in [1.54, 1.807) is 18.3 Å². The highest BCUT2D eigenvalue weighted by atomic mass is 35.5. The Labute approximate surface area is 259 Å². The molecule has 0 bridgehead atoms. The van der Waals surface area contributed by atoms with Crippen molar-refractivity contribution in [2.24, 2.45) is 0 Å². The van der Waals surface area contributed by atoms with Gasteiger partial charge in [-0.15, -0.1) is 0 Å². The van der Waals surface area contributed by atoms with Gasteiger partial charge in [0, 0.05) is 54.8 Å². The first-order valence-electron chi connectivity index (χ1n) is 13.3. The molecule has 1 fully saturated rings. The maximum atomic E-state index is 12.2. The molecule has 0 atom stereocenters. The summed E-state index contributed by atoms with van der Waals surface area (Å²) in [6.45, 7) is 5.29. The molecule has 1 aliphatic rings. The van der Waals surface area contributed by atoms with Crippen LogP contribution in [0.2, 0.25) is 10.0 Å². The van der Waals surface area contributed by atoms with Gasteiger partial charge in [-0.1, -0.05) is 35.8 Å². The number of nitrogens with zero attached hydrogens (tertiary/aromatic N) is 4. The Morgan fingerprint density at radius 3 is 2.49 bits per heavy atom. The molecule has 1 amide bonds. The largest absolute Gasteiger partial charge is 0.495 e. The molecule has 3 heterocycles. The number of pyridine rings is 1. The Morgan fingerprint density at radius 1 is 1.07 bits per heavy atom. The van der Waals surface area contributed by atoms with Crippen LogP contribution in [0, 0.1) is 0 Å². The van der Waals surface area contributed by atoms with Crippen LogP contribution in [-0.4, -0.2) is 66.2 Å². The van der Waals surface area contributed by atoms with Gasteiger partial charge in [0.25, 0.3) is 0 Å². The molecule has 0 aliphatic carbocycles. The van der Waals surface area contributed by atoms with Crippen molar-refractivity contribution in [1.29, 1.82) is 0 Å². The van der Waals surface area contributed by atoms with Gasteiger partial charge in [-0.2, -0.15) is 0 Å². The van der Waals surface area contributed by atoms with E-state index in [2.05, 4.69) is 37.1 Å². The summed E-state index contributed by atoms with van der Waals surface area (Å²) in [7, 11) is 5.06. The first-order chi connectivity index (χ1) is 20.8. The summed E-state index contributed by atoms with van der Waals surface area (Å²) in [6, 6.07) is 12.8. The van der Waals surface area contributed by atoms with Gasteiger partial charge >= 0.3 is 0 Å². The van der Waals surface area contributed by atoms with Gasteiger partial charge < -0.3 is 24.8 Å². The van der Waals surface area contributed by atoms with E-state index in [0.29, 0.717) is 52.1 Å². The third-order valence-electron chi connectivity index (χ3n) is 6.85. The Balaban J connectivity index is 1.44. The second-order valence-electron chi connectivity index (χ2n) is 9.85. The number of methoxy groups -OCH3 is 2. The number of carbonyl (C=O) groups excluding carboxylic acids is 1. The van der Waals surface area contributed by atoms with Gasteiger partial charge in [0.2, 0.25) is 5.91 Å². The molecule has 43 heavy (non-hydrogen) atoms. The van der Waals surface area contributed by atoms with Crippen molar-refractivity contribution >= 4 is 46.3 Å². The Kier molecular flexibility index (Phi) is 9.30. The van der Waals surface area contributed by atoms with Crippen molar-refractivity contribution in [2.75, 3.05) is 45.0 Å². The van der Waals surface area contributed by atoms with E-state index in [4.69, 9.17) is 37.4 Å². The summed E-state index contributed by atoms with van der Waals surface area (Å²) in [4.78, 5) is 27.9. The van der Waals surface area contributed by atoms with Gasteiger partial charge in [0.05, 0.1) is 25.6 Å². The lowest BCUT2D eigenvalue weighted by atomic mass is 10.0. The van der Waals surface area contributed by atoms with Crippen molar-refractivity contribution in [3.05, 3.63) is 88.9 Å². The summed E-state index contributed by atoms with van der Waals surface area (Å²) in [5.74, 6) is 1.62. The highest BCUT2D eigenvalue weighted by Crippen LogP contribution is 2.45. The van der Waals surface area contributed by atoms with Gasteiger partial charge in [-0.05, 0) is 43.0 Å². The summed E-state index contributed by atoms with van der Waals surface area (Å²) in [6.07, 6.45) is 4.90. The molecule has 0 saturated carbocycles. The SMILES string of the molecule is C=CC(=O)Nc1cc(OC2CN(C)C2)ccc1Cc1cc(-c2cccnc2Nc2c(Cl)c(OC)cc(OC)c2Cl)ncn1. The van der Waals surface area contributed by atoms with Gasteiger partial charge in [-0.25, -0.2) is 15.0 Å². The number of rotatable bonds is 11. The van der Waals surface area contributed by atoms with E-state index >= 15 is 0 Å². The highest BCUT2D eigenvalue weighted by molar-refractivity contribution is 6.41. The van der Waals surface area contributed by atoms with Crippen molar-refractivity contribution in [1.82, 2.24) is 19.9 Å². The predicted octanol–water partition coefficient (Wildman–Crippen LogP) is 6.01. The molecule has 2 aromatic heterocycles. The van der Waals surface area contributed by atoms with Crippen LogP contribution < -0.4 is 24.8 Å². The molecular weight excluding hydrogens is 591 g/mol. The highest BCUT2D eigenvalue weighted by Gasteiger charge is 2.25. The van der Waals surface area contributed by atoms with Crippen molar-refractivity contribution in [3.8, 4) is 28.5 Å². The molecular formula is C31H30Cl2N6O4. The minimum Gasteiger partial charge on any atom is -0.495 e. The Hall–Kier alpha value is -4.38. The zero-order chi connectivity index (χ0) is 30.5. The molecule has 0 radical (unpaired) electrons. The molecule has 5 rings (SSSR count). The number of ether oxygens (including phenoxy) is 3. The number of amides is 1. The number of nitrogens with one attached hydrogen (secondary N) is 2. The second kappa shape index (κ2) is 13.3. The Morgan fingerprint density at radius 2 is 1.81 bits per heavy atom. The number of hydrogen-bond donors (Lipinski definition) is 2. The molecule has 10 nitrogen and oxygen atoms in total. The van der Waals surface area contributed by atoms with E-state index in [1.807, 2.05) is 37.4 Å². The number of likely N-dealkylation sites (tertiary alicyclic amines) is 1. The lowest BCUT2D eigenvalue weighted by molar-refractivity contribution is -0.111. The van der Waals surface area contributed by atoms with Crippen LogP contribution in [0.4, 0.5) is 17.2 Å². The maximum absolute atomic E-state index is 12.2. The van der Waals surface area contributed by atoms with Crippen LogP contribution in [0.15, 0.2) is 67.6 Å². The molecule has 0 unspecified atom stereocenters. The summed E-state index contributed by atoms with van der Waals surface area (Å²) in [5, 5.41) is 6.68. The van der Waals surface area contributed by atoms with E-state index in [9.17, 15) is 4.79 Å². The maximum Gasteiger partial charge on any atom is 0.247 e. The van der Waals surface area contributed by atoms with E-state index < -0.39 is 0 Å². The molecule has 1 aliphatic heterocycles. The first kappa shape index (κ1) is 30.1. The third kappa shape index (κ3) is 6.83. The normalized spacial score (nSPS) is 13.1. The number of halogens is 2. The van der Waals surface area contributed by atoms with Crippen LogP contribution in [0.3, 0.4) is 0 Å². The van der Waals surface area contributed by atoms with Gasteiger partial charge in [0.1, 0.15) is 45.5 Å². The van der Waals surface area contributed by atoms with Crippen molar-refractivity contribution in [2.45, 2.75) is 12.5 Å². The topological polar surface area (TPSA) is 111 Å². The quantitative estimate of drug-likeness (QED) is 0.195. The van der Waals surface area contributed by atoms with Crippen molar-refractivity contribution < 1.29 is 19.0 Å². The molecule has 12 heteroatoms. The molecule has 1 saturated heterocycles. The van der Waals surface area contributed by atoms with Gasteiger partial charge in [0.15, 0.2) is 0 Å². The fraction of sp³-hybridized carbons (Fsp3) is 0.226. The van der Waals surface area contributed by atoms with E-state index in [0.717, 1.165) is 24.3 Å². The fourth-order valence-electron chi connectivity index (χ4n) is 4.65. The average Bonchev–Trinajstić information content (AvgIpc) is 3.00. The predicted molar refractivity (Wildman–Crippen MR) is 168 cm³/mol. The van der Waals surface area contributed by atoms with Crippen LogP contribution in [-0.2, 0) is 11.2 Å². The molecule has 2 aromatic carbocycles.